The second-order valence-corrected chi connectivity index (χ2v) is 8.88. The summed E-state index contributed by atoms with van der Waals surface area (Å²) in [6.07, 6.45) is 8.12. The number of hydrogen-bond acceptors (Lipinski definition) is 3. The van der Waals surface area contributed by atoms with Crippen LogP contribution in [-0.2, 0) is 4.79 Å². The Kier molecular flexibility index (Phi) is 2.92. The summed E-state index contributed by atoms with van der Waals surface area (Å²) in [5.41, 5.74) is 1.43. The van der Waals surface area contributed by atoms with Gasteiger partial charge in [0, 0.05) is 5.92 Å². The van der Waals surface area contributed by atoms with Crippen LogP contribution in [0.1, 0.15) is 58.8 Å². The van der Waals surface area contributed by atoms with Crippen LogP contribution in [0.15, 0.2) is 11.6 Å². The molecule has 4 rings (SSSR count). The lowest BCUT2D eigenvalue weighted by Gasteiger charge is -2.56. The predicted octanol–water partition coefficient (Wildman–Crippen LogP) is 2.85. The van der Waals surface area contributed by atoms with Gasteiger partial charge in [0.1, 0.15) is 0 Å². The summed E-state index contributed by atoms with van der Waals surface area (Å²) in [7, 11) is 0. The fraction of sp³-hybridized carbons (Fsp3) is 0.842. The van der Waals surface area contributed by atoms with Gasteiger partial charge in [-0.25, -0.2) is 0 Å². The first-order valence-electron chi connectivity index (χ1n) is 9.33. The molecule has 3 heteroatoms. The Bertz CT molecular complexity index is 559. The normalized spacial score (nSPS) is 54.9. The first-order valence-corrected chi connectivity index (χ1v) is 8.92. The van der Waals surface area contributed by atoms with Gasteiger partial charge in [0.25, 0.3) is 0 Å². The van der Waals surface area contributed by atoms with Crippen LogP contribution < -0.4 is 0 Å². The predicted molar refractivity (Wildman–Crippen MR) is 84.1 cm³/mol. The largest absolute Gasteiger partial charge is 0.393 e. The molecule has 4 aliphatic carbocycles. The molecular weight excluding hydrogens is 276 g/mol. The van der Waals surface area contributed by atoms with Crippen molar-refractivity contribution in [3.8, 4) is 0 Å². The van der Waals surface area contributed by atoms with E-state index < -0.39 is 0 Å². The maximum Gasteiger partial charge on any atom is 0.210 e. The van der Waals surface area contributed by atoms with E-state index in [1.807, 2.05) is 6.08 Å². The average Bonchev–Trinajstić information content (AvgIpc) is 2.86. The highest BCUT2D eigenvalue weighted by atomic mass is 16.3. The van der Waals surface area contributed by atoms with Crippen molar-refractivity contribution in [1.29, 1.82) is 1.43 Å². The summed E-state index contributed by atoms with van der Waals surface area (Å²) in [4.78, 5) is 13.0. The van der Waals surface area contributed by atoms with E-state index in [9.17, 15) is 9.90 Å². The first kappa shape index (κ1) is 13.7. The lowest BCUT2D eigenvalue weighted by atomic mass is 9.48. The molecule has 3 nitrogen and oxygen atoms in total. The third-order valence-corrected chi connectivity index (χ3v) is 7.65. The zero-order chi connectivity index (χ0) is 16.4. The highest BCUT2D eigenvalue weighted by Crippen LogP contribution is 2.63. The second-order valence-electron chi connectivity index (χ2n) is 8.88. The summed E-state index contributed by atoms with van der Waals surface area (Å²) in [6.45, 7) is 4.62. The molecule has 2 N–H and O–H groups in total. The van der Waals surface area contributed by atoms with E-state index in [0.717, 1.165) is 38.5 Å². The standard InChI is InChI=1S/C19H28O3/c1-18-5-4-14-17(15(18)9-13(21)10-18)16(22)8-11-7-12(20)3-6-19(11,14)2/h8,12-15,17,20-21H,3-7,9-10H2,1-2H3/t12?,13?,14?,15?,17?,18-,19+/m1/s1/i21T. The van der Waals surface area contributed by atoms with Crippen LogP contribution in [0, 0.1) is 28.6 Å². The van der Waals surface area contributed by atoms with E-state index in [1.54, 1.807) is 0 Å². The van der Waals surface area contributed by atoms with Crippen molar-refractivity contribution in [2.75, 3.05) is 0 Å². The van der Waals surface area contributed by atoms with Crippen LogP contribution in [0.5, 0.6) is 0 Å². The van der Waals surface area contributed by atoms with E-state index >= 15 is 0 Å². The Morgan fingerprint density at radius 1 is 1.23 bits per heavy atom. The van der Waals surface area contributed by atoms with Crippen molar-refractivity contribution in [1.82, 2.24) is 0 Å². The Labute approximate surface area is 134 Å². The van der Waals surface area contributed by atoms with Crippen molar-refractivity contribution >= 4 is 5.78 Å². The van der Waals surface area contributed by atoms with Gasteiger partial charge >= 0.3 is 0 Å². The highest BCUT2D eigenvalue weighted by Gasteiger charge is 2.59. The Morgan fingerprint density at radius 3 is 2.82 bits per heavy atom. The van der Waals surface area contributed by atoms with Crippen molar-refractivity contribution < 1.29 is 15.0 Å². The van der Waals surface area contributed by atoms with Crippen molar-refractivity contribution in [3.63, 3.8) is 0 Å². The molecule has 122 valence electrons. The van der Waals surface area contributed by atoms with Gasteiger partial charge < -0.3 is 10.2 Å². The van der Waals surface area contributed by atoms with Gasteiger partial charge in [0.05, 0.1) is 12.2 Å². The molecule has 22 heavy (non-hydrogen) atoms. The number of carbonyl (C=O) groups excluding carboxylic acids is 1. The zero-order valence-corrected chi connectivity index (χ0v) is 13.7. The molecule has 0 spiro atoms. The number of hydrogen-bond donors (Lipinski definition) is 2. The van der Waals surface area contributed by atoms with Crippen LogP contribution in [0.2, 0.25) is 0 Å². The molecule has 7 atom stereocenters. The van der Waals surface area contributed by atoms with Gasteiger partial charge in [-0.3, -0.25) is 4.79 Å². The van der Waals surface area contributed by atoms with Gasteiger partial charge in [-0.2, -0.15) is 0 Å². The molecule has 0 aromatic heterocycles. The monoisotopic (exact) mass is 306 g/mol. The number of aliphatic hydroxyl groups is 2. The van der Waals surface area contributed by atoms with E-state index in [4.69, 9.17) is 6.54 Å². The summed E-state index contributed by atoms with van der Waals surface area (Å²) < 4.78 is 7.30. The van der Waals surface area contributed by atoms with Crippen LogP contribution in [0.4, 0.5) is 0 Å². The minimum atomic E-state index is -0.278. The van der Waals surface area contributed by atoms with Crippen LogP contribution in [-0.4, -0.2) is 29.6 Å². The Hall–Kier alpha value is -0.670. The van der Waals surface area contributed by atoms with Gasteiger partial charge in [0.2, 0.25) is 1.43 Å². The first-order chi connectivity index (χ1) is 10.9. The van der Waals surface area contributed by atoms with Crippen molar-refractivity contribution in [2.45, 2.75) is 71.0 Å². The molecule has 0 bridgehead atoms. The van der Waals surface area contributed by atoms with E-state index in [2.05, 4.69) is 13.8 Å². The molecule has 0 aromatic carbocycles. The number of aliphatic hydroxyl groups excluding tert-OH is 2. The summed E-state index contributed by atoms with van der Waals surface area (Å²) in [6, 6.07) is 0. The quantitative estimate of drug-likeness (QED) is 0.783. The van der Waals surface area contributed by atoms with Crippen molar-refractivity contribution in [2.24, 2.45) is 28.6 Å². The van der Waals surface area contributed by atoms with Gasteiger partial charge in [0.15, 0.2) is 5.78 Å². The minimum Gasteiger partial charge on any atom is -0.393 e. The lowest BCUT2D eigenvalue weighted by Crippen LogP contribution is -2.52. The van der Waals surface area contributed by atoms with Crippen LogP contribution in [0.25, 0.3) is 0 Å². The molecule has 3 saturated carbocycles. The van der Waals surface area contributed by atoms with E-state index in [-0.39, 0.29) is 34.7 Å². The van der Waals surface area contributed by atoms with Gasteiger partial charge in [-0.1, -0.05) is 19.4 Å². The number of allylic oxidation sites excluding steroid dienone is 1. The third kappa shape index (κ3) is 1.91. The summed E-state index contributed by atoms with van der Waals surface area (Å²) in [5, 5.41) is 14.9. The lowest BCUT2D eigenvalue weighted by molar-refractivity contribution is -0.133. The summed E-state index contributed by atoms with van der Waals surface area (Å²) in [5.74, 6) is 1.13. The van der Waals surface area contributed by atoms with Gasteiger partial charge in [-0.15, -0.1) is 0 Å². The number of carbonyl (C=O) groups is 1. The molecule has 0 heterocycles. The van der Waals surface area contributed by atoms with Crippen molar-refractivity contribution in [3.05, 3.63) is 11.6 Å². The van der Waals surface area contributed by atoms with E-state index in [1.165, 1.54) is 5.57 Å². The fourth-order valence-electron chi connectivity index (χ4n) is 6.38. The molecule has 0 aromatic rings. The zero-order valence-electron chi connectivity index (χ0n) is 14.7. The molecule has 0 saturated heterocycles. The number of ketones is 1. The molecule has 0 aliphatic heterocycles. The second kappa shape index (κ2) is 4.67. The molecular formula is C19H28O3. The maximum absolute atomic E-state index is 13.0. The van der Waals surface area contributed by atoms with Gasteiger partial charge in [-0.05, 0) is 73.7 Å². The summed E-state index contributed by atoms with van der Waals surface area (Å²) >= 11 is 0. The minimum absolute atomic E-state index is 0.0112. The average molecular weight is 306 g/mol. The molecule has 4 aliphatic rings. The highest BCUT2D eigenvalue weighted by molar-refractivity contribution is 5.94. The topological polar surface area (TPSA) is 57.5 Å². The molecule has 5 unspecified atom stereocenters. The molecule has 0 amide bonds. The maximum atomic E-state index is 13.0. The smallest absolute Gasteiger partial charge is 0.210 e. The molecule has 0 radical (unpaired) electrons. The Balaban J connectivity index is 1.72. The third-order valence-electron chi connectivity index (χ3n) is 7.65. The SMILES string of the molecule is [3H]OC1CC2C3C(=O)C=C4CC(O)CC[C@]4(C)C3CC[C@]2(C)C1. The van der Waals surface area contributed by atoms with Crippen LogP contribution in [0.3, 0.4) is 0 Å². The number of fused-ring (bicyclic) bond motifs is 5. The van der Waals surface area contributed by atoms with Crippen LogP contribution >= 0.6 is 0 Å². The molecule has 3 fully saturated rings. The Morgan fingerprint density at radius 2 is 2.05 bits per heavy atom. The number of rotatable bonds is 1. The fourth-order valence-corrected chi connectivity index (χ4v) is 6.38. The van der Waals surface area contributed by atoms with E-state index in [0.29, 0.717) is 18.3 Å².